The number of pyridine rings is 1. The molecule has 28 heavy (non-hydrogen) atoms. The lowest BCUT2D eigenvalue weighted by Crippen LogP contribution is -2.51. The highest BCUT2D eigenvalue weighted by Crippen LogP contribution is 2.39. The van der Waals surface area contributed by atoms with Gasteiger partial charge in [-0.15, -0.1) is 0 Å². The van der Waals surface area contributed by atoms with E-state index in [4.69, 9.17) is 5.73 Å². The van der Waals surface area contributed by atoms with Crippen LogP contribution in [0, 0.1) is 11.3 Å². The van der Waals surface area contributed by atoms with E-state index >= 15 is 0 Å². The van der Waals surface area contributed by atoms with Gasteiger partial charge >= 0.3 is 0 Å². The summed E-state index contributed by atoms with van der Waals surface area (Å²) in [7, 11) is 0. The van der Waals surface area contributed by atoms with Crippen molar-refractivity contribution in [3.8, 4) is 11.1 Å². The Labute approximate surface area is 165 Å². The fraction of sp³-hybridized carbons (Fsp3) is 0.435. The maximum atomic E-state index is 12.6. The second-order valence-corrected chi connectivity index (χ2v) is 8.17. The highest BCUT2D eigenvalue weighted by molar-refractivity contribution is 5.83. The van der Waals surface area contributed by atoms with Gasteiger partial charge in [-0.1, -0.05) is 36.8 Å². The maximum Gasteiger partial charge on any atom is 0.225 e. The van der Waals surface area contributed by atoms with Crippen molar-refractivity contribution in [1.29, 1.82) is 0 Å². The van der Waals surface area contributed by atoms with Crippen LogP contribution in [0.4, 0.5) is 0 Å². The number of aromatic nitrogens is 1. The first kappa shape index (κ1) is 18.7. The van der Waals surface area contributed by atoms with Gasteiger partial charge in [0.05, 0.1) is 5.41 Å². The smallest absolute Gasteiger partial charge is 0.225 e. The SMILES string of the molecule is NC(=O)C1(Cc2ccccc2-c2cccnc2)CCN(C(=O)C2CCC2)CC1. The second kappa shape index (κ2) is 7.74. The molecule has 4 rings (SSSR count). The van der Waals surface area contributed by atoms with E-state index in [-0.39, 0.29) is 17.7 Å². The van der Waals surface area contributed by atoms with Crippen molar-refractivity contribution < 1.29 is 9.59 Å². The molecule has 2 amide bonds. The largest absolute Gasteiger partial charge is 0.369 e. The highest BCUT2D eigenvalue weighted by Gasteiger charge is 2.42. The van der Waals surface area contributed by atoms with E-state index in [9.17, 15) is 9.59 Å². The monoisotopic (exact) mass is 377 g/mol. The molecule has 1 aliphatic heterocycles. The van der Waals surface area contributed by atoms with Gasteiger partial charge in [0, 0.05) is 37.0 Å². The summed E-state index contributed by atoms with van der Waals surface area (Å²) in [5.74, 6) is 0.205. The zero-order valence-electron chi connectivity index (χ0n) is 16.1. The predicted octanol–water partition coefficient (Wildman–Crippen LogP) is 3.19. The van der Waals surface area contributed by atoms with E-state index in [0.29, 0.717) is 32.4 Å². The Kier molecular flexibility index (Phi) is 5.16. The molecule has 1 aliphatic carbocycles. The maximum absolute atomic E-state index is 12.6. The molecule has 2 aromatic rings. The fourth-order valence-corrected chi connectivity index (χ4v) is 4.42. The summed E-state index contributed by atoms with van der Waals surface area (Å²) in [6.45, 7) is 1.24. The molecule has 2 fully saturated rings. The van der Waals surface area contributed by atoms with Gasteiger partial charge in [0.1, 0.15) is 0 Å². The Bertz CT molecular complexity index is 853. The Balaban J connectivity index is 1.54. The summed E-state index contributed by atoms with van der Waals surface area (Å²) >= 11 is 0. The van der Waals surface area contributed by atoms with Crippen LogP contribution in [-0.4, -0.2) is 34.8 Å². The molecule has 0 radical (unpaired) electrons. The minimum absolute atomic E-state index is 0.201. The van der Waals surface area contributed by atoms with E-state index in [0.717, 1.165) is 36.0 Å². The molecule has 146 valence electrons. The third kappa shape index (κ3) is 3.53. The third-order valence-electron chi connectivity index (χ3n) is 6.53. The minimum atomic E-state index is -0.602. The molecule has 1 aromatic carbocycles. The highest BCUT2D eigenvalue weighted by atomic mass is 16.2. The van der Waals surface area contributed by atoms with Crippen LogP contribution in [-0.2, 0) is 16.0 Å². The third-order valence-corrected chi connectivity index (χ3v) is 6.53. The van der Waals surface area contributed by atoms with Crippen molar-refractivity contribution >= 4 is 11.8 Å². The summed E-state index contributed by atoms with van der Waals surface area (Å²) in [5, 5.41) is 0. The van der Waals surface area contributed by atoms with Gasteiger partial charge in [-0.25, -0.2) is 0 Å². The number of carbonyl (C=O) groups is 2. The molecule has 0 unspecified atom stereocenters. The predicted molar refractivity (Wildman–Crippen MR) is 108 cm³/mol. The number of hydrogen-bond acceptors (Lipinski definition) is 3. The number of rotatable bonds is 5. The van der Waals surface area contributed by atoms with Gasteiger partial charge < -0.3 is 10.6 Å². The van der Waals surface area contributed by atoms with Crippen LogP contribution in [0.5, 0.6) is 0 Å². The molecule has 1 aromatic heterocycles. The Hall–Kier alpha value is -2.69. The van der Waals surface area contributed by atoms with Crippen LogP contribution >= 0.6 is 0 Å². The minimum Gasteiger partial charge on any atom is -0.369 e. The van der Waals surface area contributed by atoms with Crippen molar-refractivity contribution in [1.82, 2.24) is 9.88 Å². The van der Waals surface area contributed by atoms with E-state index in [1.54, 1.807) is 6.20 Å². The van der Waals surface area contributed by atoms with Crippen molar-refractivity contribution in [3.63, 3.8) is 0 Å². The average molecular weight is 377 g/mol. The van der Waals surface area contributed by atoms with Crippen LogP contribution in [0.2, 0.25) is 0 Å². The first-order valence-corrected chi connectivity index (χ1v) is 10.2. The van der Waals surface area contributed by atoms with Gasteiger partial charge in [0.2, 0.25) is 11.8 Å². The van der Waals surface area contributed by atoms with E-state index < -0.39 is 5.41 Å². The van der Waals surface area contributed by atoms with Crippen LogP contribution in [0.3, 0.4) is 0 Å². The quantitative estimate of drug-likeness (QED) is 0.869. The Morgan fingerprint density at radius 2 is 1.86 bits per heavy atom. The van der Waals surface area contributed by atoms with Crippen molar-refractivity contribution in [2.45, 2.75) is 38.5 Å². The molecule has 2 N–H and O–H groups in total. The van der Waals surface area contributed by atoms with Crippen molar-refractivity contribution in [2.75, 3.05) is 13.1 Å². The van der Waals surface area contributed by atoms with E-state index in [1.807, 2.05) is 35.4 Å². The van der Waals surface area contributed by atoms with Gasteiger partial charge in [-0.05, 0) is 49.3 Å². The average Bonchev–Trinajstić information content (AvgIpc) is 2.68. The number of nitrogens with two attached hydrogens (primary N) is 1. The van der Waals surface area contributed by atoms with Crippen LogP contribution < -0.4 is 5.73 Å². The zero-order valence-corrected chi connectivity index (χ0v) is 16.1. The number of primary amides is 1. The molecule has 5 heteroatoms. The molecule has 5 nitrogen and oxygen atoms in total. The van der Waals surface area contributed by atoms with Crippen LogP contribution in [0.15, 0.2) is 48.8 Å². The molecular weight excluding hydrogens is 350 g/mol. The first-order chi connectivity index (χ1) is 13.6. The summed E-state index contributed by atoms with van der Waals surface area (Å²) in [4.78, 5) is 31.2. The van der Waals surface area contributed by atoms with Crippen molar-refractivity contribution in [2.24, 2.45) is 17.1 Å². The van der Waals surface area contributed by atoms with Crippen LogP contribution in [0.25, 0.3) is 11.1 Å². The first-order valence-electron chi connectivity index (χ1n) is 10.2. The number of carbonyl (C=O) groups excluding carboxylic acids is 2. The van der Waals surface area contributed by atoms with Crippen molar-refractivity contribution in [3.05, 3.63) is 54.4 Å². The van der Waals surface area contributed by atoms with Gasteiger partial charge in [0.25, 0.3) is 0 Å². The van der Waals surface area contributed by atoms with E-state index in [1.165, 1.54) is 0 Å². The molecule has 0 spiro atoms. The molecular formula is C23H27N3O2. The fourth-order valence-electron chi connectivity index (χ4n) is 4.42. The van der Waals surface area contributed by atoms with Gasteiger partial charge in [-0.3, -0.25) is 14.6 Å². The molecule has 0 atom stereocenters. The lowest BCUT2D eigenvalue weighted by Gasteiger charge is -2.42. The van der Waals surface area contributed by atoms with Gasteiger partial charge in [0.15, 0.2) is 0 Å². The Morgan fingerprint density at radius 3 is 2.46 bits per heavy atom. The number of amides is 2. The molecule has 2 heterocycles. The van der Waals surface area contributed by atoms with Crippen LogP contribution in [0.1, 0.15) is 37.7 Å². The molecule has 1 saturated carbocycles. The Morgan fingerprint density at radius 1 is 1.11 bits per heavy atom. The lowest BCUT2D eigenvalue weighted by atomic mass is 9.72. The number of benzene rings is 1. The number of likely N-dealkylation sites (tertiary alicyclic amines) is 1. The van der Waals surface area contributed by atoms with Gasteiger partial charge in [-0.2, -0.15) is 0 Å². The number of hydrogen-bond donors (Lipinski definition) is 1. The molecule has 2 aliphatic rings. The zero-order chi connectivity index (χ0) is 19.6. The standard InChI is InChI=1S/C23H27N3O2/c24-22(28)23(10-13-26(14-11-23)21(27)17-6-3-7-17)15-18-5-1-2-9-20(18)19-8-4-12-25-16-19/h1-2,4-5,8-9,12,16-17H,3,6-7,10-11,13-15H2,(H2,24,28). The lowest BCUT2D eigenvalue weighted by molar-refractivity contribution is -0.143. The summed E-state index contributed by atoms with van der Waals surface area (Å²) in [5.41, 5.74) is 8.53. The summed E-state index contributed by atoms with van der Waals surface area (Å²) in [6, 6.07) is 12.1. The molecule has 1 saturated heterocycles. The van der Waals surface area contributed by atoms with E-state index in [2.05, 4.69) is 17.1 Å². The summed E-state index contributed by atoms with van der Waals surface area (Å²) in [6.07, 6.45) is 8.62. The second-order valence-electron chi connectivity index (χ2n) is 8.17. The number of nitrogens with zero attached hydrogens (tertiary/aromatic N) is 2. The molecule has 0 bridgehead atoms. The summed E-state index contributed by atoms with van der Waals surface area (Å²) < 4.78 is 0. The normalized spacial score (nSPS) is 19.1. The topological polar surface area (TPSA) is 76.3 Å². The number of piperidine rings is 1.